The van der Waals surface area contributed by atoms with Crippen molar-refractivity contribution in [2.75, 3.05) is 18.1 Å². The number of sulfonamides is 1. The molecule has 0 aliphatic carbocycles. The molecule has 1 aromatic heterocycles. The maximum absolute atomic E-state index is 12.4. The van der Waals surface area contributed by atoms with Gasteiger partial charge in [0.2, 0.25) is 0 Å². The van der Waals surface area contributed by atoms with Crippen LogP contribution in [0.15, 0.2) is 10.4 Å². The molecule has 0 radical (unpaired) electrons. The first-order valence-corrected chi connectivity index (χ1v) is 10.1. The predicted molar refractivity (Wildman–Crippen MR) is 73.7 cm³/mol. The van der Waals surface area contributed by atoms with Crippen molar-refractivity contribution >= 4 is 42.8 Å². The molecule has 1 unspecified atom stereocenters. The van der Waals surface area contributed by atoms with Gasteiger partial charge in [0.1, 0.15) is 0 Å². The molecule has 10 heteroatoms. The number of nitrogens with zero attached hydrogens (tertiary/aromatic N) is 2. The van der Waals surface area contributed by atoms with Gasteiger partial charge in [-0.1, -0.05) is 29.9 Å². The normalized spacial score (nSPS) is 23.0. The molecule has 1 aliphatic rings. The van der Waals surface area contributed by atoms with E-state index in [4.69, 9.17) is 11.6 Å². The summed E-state index contributed by atoms with van der Waals surface area (Å²) < 4.78 is 49.2. The summed E-state index contributed by atoms with van der Waals surface area (Å²) in [5.74, 6) is -0.0836. The van der Waals surface area contributed by atoms with Gasteiger partial charge in [-0.3, -0.25) is 0 Å². The second-order valence-corrected chi connectivity index (χ2v) is 10.2. The maximum Gasteiger partial charge on any atom is 0.254 e. The van der Waals surface area contributed by atoms with E-state index in [0.29, 0.717) is 6.42 Å². The van der Waals surface area contributed by atoms with Crippen LogP contribution in [0.3, 0.4) is 0 Å². The van der Waals surface area contributed by atoms with E-state index in [9.17, 15) is 16.8 Å². The maximum atomic E-state index is 12.4. The van der Waals surface area contributed by atoms with Gasteiger partial charge in [-0.15, -0.1) is 0 Å². The lowest BCUT2D eigenvalue weighted by Crippen LogP contribution is -2.40. The number of aromatic nitrogens is 1. The van der Waals surface area contributed by atoms with Crippen molar-refractivity contribution in [3.8, 4) is 0 Å². The molecule has 0 bridgehead atoms. The molecule has 0 aromatic carbocycles. The number of hydrogen-bond donors (Lipinski definition) is 0. The standard InChI is InChI=1S/C9H13ClN2O4S3/c1-2-12(7-3-4-18(13,14)6-7)19(15,16)8-5-11-9(10)17-8/h5,7H,2-4,6H2,1H3. The van der Waals surface area contributed by atoms with Crippen LogP contribution in [0.25, 0.3) is 0 Å². The minimum atomic E-state index is -3.72. The molecule has 1 aromatic rings. The summed E-state index contributed by atoms with van der Waals surface area (Å²) in [6.45, 7) is 1.91. The number of sulfone groups is 1. The molecule has 0 N–H and O–H groups in total. The van der Waals surface area contributed by atoms with Crippen molar-refractivity contribution < 1.29 is 16.8 Å². The van der Waals surface area contributed by atoms with Gasteiger partial charge in [-0.05, 0) is 6.42 Å². The summed E-state index contributed by atoms with van der Waals surface area (Å²) in [6.07, 6.45) is 1.54. The van der Waals surface area contributed by atoms with Gasteiger partial charge in [0.15, 0.2) is 18.5 Å². The zero-order valence-corrected chi connectivity index (χ0v) is 13.3. The minimum Gasteiger partial charge on any atom is -0.232 e. The zero-order chi connectivity index (χ0) is 14.3. The first-order valence-electron chi connectivity index (χ1n) is 5.60. The fourth-order valence-corrected chi connectivity index (χ4v) is 7.01. The fraction of sp³-hybridized carbons (Fsp3) is 0.667. The van der Waals surface area contributed by atoms with Crippen molar-refractivity contribution in [2.45, 2.75) is 23.6 Å². The lowest BCUT2D eigenvalue weighted by molar-refractivity contribution is 0.355. The lowest BCUT2D eigenvalue weighted by Gasteiger charge is -2.24. The van der Waals surface area contributed by atoms with E-state index >= 15 is 0 Å². The highest BCUT2D eigenvalue weighted by atomic mass is 35.5. The van der Waals surface area contributed by atoms with Crippen LogP contribution in [0, 0.1) is 0 Å². The quantitative estimate of drug-likeness (QED) is 0.813. The van der Waals surface area contributed by atoms with Gasteiger partial charge in [0.05, 0.1) is 17.7 Å². The molecule has 1 fully saturated rings. The zero-order valence-electron chi connectivity index (χ0n) is 10.1. The topological polar surface area (TPSA) is 84.4 Å². The SMILES string of the molecule is CCN(C1CCS(=O)(=O)C1)S(=O)(=O)c1cnc(Cl)s1. The molecule has 1 aliphatic heterocycles. The van der Waals surface area contributed by atoms with E-state index in [-0.39, 0.29) is 26.7 Å². The average molecular weight is 345 g/mol. The molecule has 19 heavy (non-hydrogen) atoms. The van der Waals surface area contributed by atoms with Gasteiger partial charge in [-0.25, -0.2) is 21.8 Å². The molecule has 1 atom stereocenters. The van der Waals surface area contributed by atoms with Crippen LogP contribution in [0.1, 0.15) is 13.3 Å². The van der Waals surface area contributed by atoms with Crippen LogP contribution in [0.4, 0.5) is 0 Å². The van der Waals surface area contributed by atoms with E-state index in [1.54, 1.807) is 6.92 Å². The van der Waals surface area contributed by atoms with Gasteiger partial charge < -0.3 is 0 Å². The second kappa shape index (κ2) is 5.28. The smallest absolute Gasteiger partial charge is 0.232 e. The Hall–Kier alpha value is -0.220. The largest absolute Gasteiger partial charge is 0.254 e. The van der Waals surface area contributed by atoms with E-state index in [1.165, 1.54) is 10.5 Å². The van der Waals surface area contributed by atoms with Gasteiger partial charge >= 0.3 is 0 Å². The predicted octanol–water partition coefficient (Wildman–Crippen LogP) is 0.994. The van der Waals surface area contributed by atoms with Crippen LogP contribution >= 0.6 is 22.9 Å². The third kappa shape index (κ3) is 3.10. The highest BCUT2D eigenvalue weighted by molar-refractivity contribution is 7.92. The molecule has 6 nitrogen and oxygen atoms in total. The Labute approximate surface area is 121 Å². The second-order valence-electron chi connectivity index (χ2n) is 4.20. The molecule has 0 amide bonds. The Morgan fingerprint density at radius 2 is 2.26 bits per heavy atom. The molecule has 2 rings (SSSR count). The number of rotatable bonds is 4. The van der Waals surface area contributed by atoms with Crippen molar-refractivity contribution in [3.63, 3.8) is 0 Å². The van der Waals surface area contributed by atoms with Crippen LogP contribution in [-0.2, 0) is 19.9 Å². The summed E-state index contributed by atoms with van der Waals surface area (Å²) in [5, 5.41) is 0. The van der Waals surface area contributed by atoms with E-state index in [0.717, 1.165) is 11.3 Å². The first kappa shape index (κ1) is 15.2. The molecule has 0 saturated carbocycles. The van der Waals surface area contributed by atoms with E-state index < -0.39 is 25.9 Å². The van der Waals surface area contributed by atoms with Crippen molar-refractivity contribution in [1.29, 1.82) is 0 Å². The van der Waals surface area contributed by atoms with Crippen molar-refractivity contribution in [3.05, 3.63) is 10.7 Å². The summed E-state index contributed by atoms with van der Waals surface area (Å²) in [7, 11) is -6.86. The Morgan fingerprint density at radius 1 is 1.58 bits per heavy atom. The lowest BCUT2D eigenvalue weighted by atomic mass is 10.3. The third-order valence-corrected chi connectivity index (χ3v) is 8.28. The molecule has 108 valence electrons. The van der Waals surface area contributed by atoms with Gasteiger partial charge in [-0.2, -0.15) is 4.31 Å². The van der Waals surface area contributed by atoms with Crippen LogP contribution < -0.4 is 0 Å². The summed E-state index contributed by atoms with van der Waals surface area (Å²) in [4.78, 5) is 3.71. The molecule has 2 heterocycles. The van der Waals surface area contributed by atoms with Gasteiger partial charge in [0, 0.05) is 12.6 Å². The molecule has 0 spiro atoms. The summed E-state index contributed by atoms with van der Waals surface area (Å²) in [6, 6.07) is -0.499. The molecular formula is C9H13ClN2O4S3. The monoisotopic (exact) mass is 344 g/mol. The molecule has 1 saturated heterocycles. The Morgan fingerprint density at radius 3 is 2.68 bits per heavy atom. The highest BCUT2D eigenvalue weighted by Crippen LogP contribution is 2.29. The van der Waals surface area contributed by atoms with E-state index in [1.807, 2.05) is 0 Å². The first-order chi connectivity index (χ1) is 8.76. The number of halogens is 1. The summed E-state index contributed by atoms with van der Waals surface area (Å²) in [5.41, 5.74) is 0. The Kier molecular flexibility index (Phi) is 4.22. The third-order valence-electron chi connectivity index (χ3n) is 2.95. The Balaban J connectivity index is 2.32. The Bertz CT molecular complexity index is 667. The number of thiazole rings is 1. The van der Waals surface area contributed by atoms with E-state index in [2.05, 4.69) is 4.98 Å². The van der Waals surface area contributed by atoms with Crippen LogP contribution in [-0.4, -0.2) is 50.2 Å². The summed E-state index contributed by atoms with van der Waals surface area (Å²) >= 11 is 6.52. The van der Waals surface area contributed by atoms with Crippen molar-refractivity contribution in [2.24, 2.45) is 0 Å². The molecular weight excluding hydrogens is 332 g/mol. The fourth-order valence-electron chi connectivity index (χ4n) is 2.10. The number of hydrogen-bond acceptors (Lipinski definition) is 6. The highest BCUT2D eigenvalue weighted by Gasteiger charge is 2.38. The van der Waals surface area contributed by atoms with Crippen LogP contribution in [0.5, 0.6) is 0 Å². The van der Waals surface area contributed by atoms with Crippen molar-refractivity contribution in [1.82, 2.24) is 9.29 Å². The average Bonchev–Trinajstić information content (AvgIpc) is 2.86. The van der Waals surface area contributed by atoms with Crippen LogP contribution in [0.2, 0.25) is 4.47 Å². The van der Waals surface area contributed by atoms with Gasteiger partial charge in [0.25, 0.3) is 10.0 Å². The minimum absolute atomic E-state index is 0.0349.